The number of hydrogen-bond donors (Lipinski definition) is 2. The Labute approximate surface area is 111 Å². The van der Waals surface area contributed by atoms with Crippen LogP contribution >= 0.6 is 11.8 Å². The molecule has 1 aromatic rings. The standard InChI is InChI=1S/C11H16N2O3S2/c1-8(7-17-2)13-18(15,16)10-5-3-4-9(6-10)11(12)14/h3-6,8,13H,7H2,1-2H3,(H2,12,14). The van der Waals surface area contributed by atoms with E-state index in [0.717, 1.165) is 0 Å². The Hall–Kier alpha value is -1.05. The molecule has 5 nitrogen and oxygen atoms in total. The highest BCUT2D eigenvalue weighted by atomic mass is 32.2. The predicted molar refractivity (Wildman–Crippen MR) is 73.1 cm³/mol. The number of sulfonamides is 1. The number of hydrogen-bond acceptors (Lipinski definition) is 4. The van der Waals surface area contributed by atoms with Crippen molar-refractivity contribution in [3.8, 4) is 0 Å². The second-order valence-electron chi connectivity index (χ2n) is 3.87. The number of nitrogens with two attached hydrogens (primary N) is 1. The normalized spacial score (nSPS) is 13.2. The maximum Gasteiger partial charge on any atom is 0.248 e. The molecule has 18 heavy (non-hydrogen) atoms. The van der Waals surface area contributed by atoms with Crippen LogP contribution in [0, 0.1) is 0 Å². The lowest BCUT2D eigenvalue weighted by atomic mass is 10.2. The molecule has 0 spiro atoms. The minimum atomic E-state index is -3.61. The molecule has 0 radical (unpaired) electrons. The van der Waals surface area contributed by atoms with Crippen molar-refractivity contribution in [2.24, 2.45) is 5.73 Å². The van der Waals surface area contributed by atoms with Gasteiger partial charge in [0.15, 0.2) is 0 Å². The molecule has 0 saturated carbocycles. The molecular formula is C11H16N2O3S2. The Kier molecular flexibility index (Phi) is 5.18. The van der Waals surface area contributed by atoms with Crippen LogP contribution in [0.4, 0.5) is 0 Å². The number of carbonyl (C=O) groups is 1. The Balaban J connectivity index is 2.98. The molecule has 0 aromatic heterocycles. The number of benzene rings is 1. The van der Waals surface area contributed by atoms with Crippen LogP contribution in [0.15, 0.2) is 29.2 Å². The van der Waals surface area contributed by atoms with Crippen LogP contribution in [0.1, 0.15) is 17.3 Å². The number of rotatable bonds is 6. The van der Waals surface area contributed by atoms with Gasteiger partial charge in [-0.1, -0.05) is 6.07 Å². The zero-order chi connectivity index (χ0) is 13.8. The van der Waals surface area contributed by atoms with Crippen LogP contribution in [0.5, 0.6) is 0 Å². The number of carbonyl (C=O) groups excluding carboxylic acids is 1. The van der Waals surface area contributed by atoms with E-state index in [2.05, 4.69) is 4.72 Å². The highest BCUT2D eigenvalue weighted by Gasteiger charge is 2.18. The van der Waals surface area contributed by atoms with Crippen LogP contribution in [-0.2, 0) is 10.0 Å². The molecule has 1 aromatic carbocycles. The summed E-state index contributed by atoms with van der Waals surface area (Å²) >= 11 is 1.55. The van der Waals surface area contributed by atoms with E-state index in [-0.39, 0.29) is 16.5 Å². The van der Waals surface area contributed by atoms with Gasteiger partial charge in [0.1, 0.15) is 0 Å². The van der Waals surface area contributed by atoms with Crippen molar-refractivity contribution in [3.05, 3.63) is 29.8 Å². The van der Waals surface area contributed by atoms with Crippen LogP contribution in [0.2, 0.25) is 0 Å². The minimum Gasteiger partial charge on any atom is -0.366 e. The molecule has 0 fully saturated rings. The third-order valence-corrected chi connectivity index (χ3v) is 4.62. The summed E-state index contributed by atoms with van der Waals surface area (Å²) in [5.74, 6) is 0.0265. The lowest BCUT2D eigenvalue weighted by molar-refractivity contribution is 0.1000. The van der Waals surface area contributed by atoms with E-state index >= 15 is 0 Å². The summed E-state index contributed by atoms with van der Waals surface area (Å²) in [7, 11) is -3.61. The molecule has 3 N–H and O–H groups in total. The monoisotopic (exact) mass is 288 g/mol. The highest BCUT2D eigenvalue weighted by molar-refractivity contribution is 7.98. The van der Waals surface area contributed by atoms with Crippen molar-refractivity contribution in [2.45, 2.75) is 17.9 Å². The van der Waals surface area contributed by atoms with Gasteiger partial charge in [0.25, 0.3) is 0 Å². The van der Waals surface area contributed by atoms with E-state index in [1.54, 1.807) is 18.7 Å². The molecule has 7 heteroatoms. The van der Waals surface area contributed by atoms with E-state index in [1.807, 2.05) is 6.26 Å². The summed E-state index contributed by atoms with van der Waals surface area (Å²) in [5.41, 5.74) is 5.29. The molecule has 0 heterocycles. The van der Waals surface area contributed by atoms with Crippen LogP contribution < -0.4 is 10.5 Å². The Morgan fingerprint density at radius 2 is 2.17 bits per heavy atom. The molecule has 0 saturated heterocycles. The fourth-order valence-electron chi connectivity index (χ4n) is 1.43. The number of amides is 1. The molecular weight excluding hydrogens is 272 g/mol. The first-order valence-electron chi connectivity index (χ1n) is 5.28. The molecule has 0 aliphatic heterocycles. The van der Waals surface area contributed by atoms with Gasteiger partial charge in [-0.15, -0.1) is 0 Å². The van der Waals surface area contributed by atoms with Crippen molar-refractivity contribution < 1.29 is 13.2 Å². The van der Waals surface area contributed by atoms with Crippen LogP contribution in [0.25, 0.3) is 0 Å². The lowest BCUT2D eigenvalue weighted by Crippen LogP contribution is -2.34. The molecule has 1 atom stereocenters. The molecule has 100 valence electrons. The van der Waals surface area contributed by atoms with Gasteiger partial charge >= 0.3 is 0 Å². The van der Waals surface area contributed by atoms with Gasteiger partial charge in [-0.2, -0.15) is 11.8 Å². The highest BCUT2D eigenvalue weighted by Crippen LogP contribution is 2.12. The maximum absolute atomic E-state index is 12.0. The van der Waals surface area contributed by atoms with Crippen molar-refractivity contribution in [3.63, 3.8) is 0 Å². The average molecular weight is 288 g/mol. The molecule has 1 amide bonds. The Morgan fingerprint density at radius 1 is 1.50 bits per heavy atom. The molecule has 1 rings (SSSR count). The minimum absolute atomic E-state index is 0.0479. The van der Waals surface area contributed by atoms with Crippen molar-refractivity contribution in [2.75, 3.05) is 12.0 Å². The second kappa shape index (κ2) is 6.21. The first kappa shape index (κ1) is 15.0. The van der Waals surface area contributed by atoms with Crippen LogP contribution in [-0.4, -0.2) is 32.4 Å². The summed E-state index contributed by atoms with van der Waals surface area (Å²) in [6.07, 6.45) is 1.90. The third kappa shape index (κ3) is 4.01. The Morgan fingerprint density at radius 3 is 2.72 bits per heavy atom. The quantitative estimate of drug-likeness (QED) is 0.811. The van der Waals surface area contributed by atoms with Crippen molar-refractivity contribution >= 4 is 27.7 Å². The van der Waals surface area contributed by atoms with E-state index < -0.39 is 15.9 Å². The van der Waals surface area contributed by atoms with Gasteiger partial charge in [0, 0.05) is 17.4 Å². The topological polar surface area (TPSA) is 89.3 Å². The molecule has 0 bridgehead atoms. The SMILES string of the molecule is CSCC(C)NS(=O)(=O)c1cccc(C(N)=O)c1. The molecule has 1 unspecified atom stereocenters. The lowest BCUT2D eigenvalue weighted by Gasteiger charge is -2.13. The van der Waals surface area contributed by atoms with E-state index in [9.17, 15) is 13.2 Å². The van der Waals surface area contributed by atoms with Crippen molar-refractivity contribution in [1.29, 1.82) is 0 Å². The molecule has 0 aliphatic rings. The largest absolute Gasteiger partial charge is 0.366 e. The fourth-order valence-corrected chi connectivity index (χ4v) is 3.41. The van der Waals surface area contributed by atoms with Gasteiger partial charge < -0.3 is 5.73 Å². The van der Waals surface area contributed by atoms with E-state index in [0.29, 0.717) is 5.75 Å². The fraction of sp³-hybridized carbons (Fsp3) is 0.364. The Bertz CT molecular complexity index is 529. The summed E-state index contributed by atoms with van der Waals surface area (Å²) in [5, 5.41) is 0. The number of thioether (sulfide) groups is 1. The first-order valence-corrected chi connectivity index (χ1v) is 8.15. The molecule has 0 aliphatic carbocycles. The zero-order valence-electron chi connectivity index (χ0n) is 10.2. The van der Waals surface area contributed by atoms with E-state index in [4.69, 9.17) is 5.73 Å². The number of primary amides is 1. The summed E-state index contributed by atoms with van der Waals surface area (Å²) < 4.78 is 26.6. The maximum atomic E-state index is 12.0. The van der Waals surface area contributed by atoms with Crippen LogP contribution in [0.3, 0.4) is 0 Å². The van der Waals surface area contributed by atoms with Gasteiger partial charge in [-0.05, 0) is 31.4 Å². The zero-order valence-corrected chi connectivity index (χ0v) is 11.8. The first-order chi connectivity index (χ1) is 8.36. The number of nitrogens with one attached hydrogen (secondary N) is 1. The average Bonchev–Trinajstić information content (AvgIpc) is 2.28. The summed E-state index contributed by atoms with van der Waals surface area (Å²) in [6, 6.07) is 5.50. The van der Waals surface area contributed by atoms with Crippen molar-refractivity contribution in [1.82, 2.24) is 4.72 Å². The summed E-state index contributed by atoms with van der Waals surface area (Å²) in [6.45, 7) is 1.78. The van der Waals surface area contributed by atoms with Gasteiger partial charge in [-0.25, -0.2) is 13.1 Å². The third-order valence-electron chi connectivity index (χ3n) is 2.20. The van der Waals surface area contributed by atoms with E-state index in [1.165, 1.54) is 24.3 Å². The predicted octanol–water partition coefficient (Wildman–Crippen LogP) is 0.815. The summed E-state index contributed by atoms with van der Waals surface area (Å²) in [4.78, 5) is 11.1. The van der Waals surface area contributed by atoms with Gasteiger partial charge in [-0.3, -0.25) is 4.79 Å². The van der Waals surface area contributed by atoms with Gasteiger partial charge in [0.2, 0.25) is 15.9 Å². The van der Waals surface area contributed by atoms with Gasteiger partial charge in [0.05, 0.1) is 4.90 Å². The second-order valence-corrected chi connectivity index (χ2v) is 6.49. The smallest absolute Gasteiger partial charge is 0.248 e.